The first-order chi connectivity index (χ1) is 6.65. The maximum absolute atomic E-state index is 11.2. The van der Waals surface area contributed by atoms with Crippen LogP contribution in [0.4, 0.5) is 0 Å². The van der Waals surface area contributed by atoms with E-state index in [0.717, 1.165) is 6.54 Å². The molecule has 0 radical (unpaired) electrons. The zero-order valence-corrected chi connectivity index (χ0v) is 11.7. The molecular formula is C11H23NO2Si. The molecule has 0 bridgehead atoms. The number of amides is 1. The molecule has 1 aliphatic heterocycles. The molecule has 15 heavy (non-hydrogen) atoms. The summed E-state index contributed by atoms with van der Waals surface area (Å²) < 4.78 is 6.15. The third-order valence-electron chi connectivity index (χ3n) is 3.69. The third-order valence-corrected chi connectivity index (χ3v) is 8.26. The summed E-state index contributed by atoms with van der Waals surface area (Å²) in [5.74, 6) is 0.209. The Bertz CT molecular complexity index is 258. The highest BCUT2D eigenvalue weighted by Gasteiger charge is 2.42. The first-order valence-electron chi connectivity index (χ1n) is 5.61. The van der Waals surface area contributed by atoms with Crippen molar-refractivity contribution < 1.29 is 9.22 Å². The second-order valence-corrected chi connectivity index (χ2v) is 10.7. The fraction of sp³-hybridized carbons (Fsp3) is 0.909. The van der Waals surface area contributed by atoms with Gasteiger partial charge in [0.05, 0.1) is 12.0 Å². The van der Waals surface area contributed by atoms with Gasteiger partial charge in [-0.05, 0) is 25.1 Å². The van der Waals surface area contributed by atoms with Crippen molar-refractivity contribution in [2.24, 2.45) is 5.92 Å². The van der Waals surface area contributed by atoms with E-state index in [4.69, 9.17) is 4.43 Å². The van der Waals surface area contributed by atoms with Gasteiger partial charge in [0.15, 0.2) is 8.32 Å². The molecule has 0 unspecified atom stereocenters. The standard InChI is InChI=1S/C11H23NO2Si/c1-8(9-7-12-10(9)13)14-15(5,6)11(2,3)4/h8-9H,7H2,1-6H3,(H,12,13)/t8-,9+/m1/s1. The Morgan fingerprint density at radius 3 is 2.27 bits per heavy atom. The van der Waals surface area contributed by atoms with E-state index in [0.29, 0.717) is 0 Å². The Labute approximate surface area is 93.7 Å². The van der Waals surface area contributed by atoms with Crippen LogP contribution in [-0.2, 0) is 9.22 Å². The van der Waals surface area contributed by atoms with E-state index in [1.165, 1.54) is 0 Å². The lowest BCUT2D eigenvalue weighted by molar-refractivity contribution is -0.135. The maximum atomic E-state index is 11.2. The van der Waals surface area contributed by atoms with Gasteiger partial charge in [-0.15, -0.1) is 0 Å². The van der Waals surface area contributed by atoms with Gasteiger partial charge in [0.25, 0.3) is 0 Å². The molecule has 1 heterocycles. The molecule has 0 aromatic rings. The molecule has 0 aliphatic carbocycles. The number of hydrogen-bond acceptors (Lipinski definition) is 2. The SMILES string of the molecule is C[C@@H](O[Si](C)(C)C(C)(C)C)[C@@H]1CNC1=O. The summed E-state index contributed by atoms with van der Waals surface area (Å²) in [6.45, 7) is 13.9. The topological polar surface area (TPSA) is 38.3 Å². The second kappa shape index (κ2) is 3.90. The predicted octanol–water partition coefficient (Wildman–Crippen LogP) is 2.14. The van der Waals surface area contributed by atoms with Crippen molar-refractivity contribution in [2.45, 2.75) is 51.9 Å². The summed E-state index contributed by atoms with van der Waals surface area (Å²) in [7, 11) is -1.72. The van der Waals surface area contributed by atoms with E-state index in [2.05, 4.69) is 39.2 Å². The lowest BCUT2D eigenvalue weighted by Crippen LogP contribution is -2.56. The molecule has 1 N–H and O–H groups in total. The molecule has 0 aromatic carbocycles. The summed E-state index contributed by atoms with van der Waals surface area (Å²) in [6, 6.07) is 0. The molecule has 1 saturated heterocycles. The number of carbonyl (C=O) groups excluding carboxylic acids is 1. The number of nitrogens with one attached hydrogen (secondary N) is 1. The van der Waals surface area contributed by atoms with Crippen molar-refractivity contribution in [2.75, 3.05) is 6.54 Å². The fourth-order valence-electron chi connectivity index (χ4n) is 1.41. The van der Waals surface area contributed by atoms with Crippen LogP contribution in [0.5, 0.6) is 0 Å². The Balaban J connectivity index is 2.57. The smallest absolute Gasteiger partial charge is 0.227 e. The summed E-state index contributed by atoms with van der Waals surface area (Å²) >= 11 is 0. The lowest BCUT2D eigenvalue weighted by Gasteiger charge is -2.41. The van der Waals surface area contributed by atoms with Gasteiger partial charge in [-0.1, -0.05) is 20.8 Å². The van der Waals surface area contributed by atoms with Gasteiger partial charge in [0, 0.05) is 6.54 Å². The first-order valence-corrected chi connectivity index (χ1v) is 8.51. The highest BCUT2D eigenvalue weighted by Crippen LogP contribution is 2.38. The van der Waals surface area contributed by atoms with Gasteiger partial charge in [-0.3, -0.25) is 4.79 Å². The molecule has 0 aromatic heterocycles. The number of carbonyl (C=O) groups is 1. The summed E-state index contributed by atoms with van der Waals surface area (Å²) in [5, 5.41) is 2.97. The van der Waals surface area contributed by atoms with Crippen LogP contribution < -0.4 is 5.32 Å². The van der Waals surface area contributed by atoms with Gasteiger partial charge in [-0.2, -0.15) is 0 Å². The summed E-state index contributed by atoms with van der Waals surface area (Å²) in [4.78, 5) is 11.2. The molecule has 1 aliphatic rings. The quantitative estimate of drug-likeness (QED) is 0.595. The van der Waals surface area contributed by atoms with Crippen molar-refractivity contribution in [3.8, 4) is 0 Å². The van der Waals surface area contributed by atoms with Gasteiger partial charge in [0.1, 0.15) is 0 Å². The first kappa shape index (κ1) is 12.7. The van der Waals surface area contributed by atoms with Crippen LogP contribution in [0.25, 0.3) is 0 Å². The Morgan fingerprint density at radius 1 is 1.47 bits per heavy atom. The minimum absolute atomic E-state index is 0.0552. The Kier molecular flexibility index (Phi) is 3.31. The molecule has 1 rings (SSSR count). The monoisotopic (exact) mass is 229 g/mol. The van der Waals surface area contributed by atoms with Crippen molar-refractivity contribution in [3.05, 3.63) is 0 Å². The van der Waals surface area contributed by atoms with Crippen molar-refractivity contribution >= 4 is 14.2 Å². The van der Waals surface area contributed by atoms with Crippen LogP contribution in [-0.4, -0.2) is 26.9 Å². The largest absolute Gasteiger partial charge is 0.413 e. The van der Waals surface area contributed by atoms with E-state index in [1.54, 1.807) is 0 Å². The van der Waals surface area contributed by atoms with Crippen molar-refractivity contribution in [3.63, 3.8) is 0 Å². The van der Waals surface area contributed by atoms with Crippen LogP contribution in [0.15, 0.2) is 0 Å². The summed E-state index contributed by atoms with van der Waals surface area (Å²) in [6.07, 6.45) is 0.0552. The normalized spacial score (nSPS) is 24.4. The molecule has 0 spiro atoms. The third kappa shape index (κ3) is 2.61. The minimum atomic E-state index is -1.72. The van der Waals surface area contributed by atoms with Gasteiger partial charge < -0.3 is 9.74 Å². The Morgan fingerprint density at radius 2 is 2.00 bits per heavy atom. The van der Waals surface area contributed by atoms with E-state index in [-0.39, 0.29) is 23.0 Å². The van der Waals surface area contributed by atoms with E-state index >= 15 is 0 Å². The fourth-order valence-corrected chi connectivity index (χ4v) is 2.85. The zero-order valence-electron chi connectivity index (χ0n) is 10.7. The van der Waals surface area contributed by atoms with Crippen molar-refractivity contribution in [1.29, 1.82) is 0 Å². The van der Waals surface area contributed by atoms with E-state index in [1.807, 2.05) is 6.92 Å². The molecular weight excluding hydrogens is 206 g/mol. The van der Waals surface area contributed by atoms with Crippen LogP contribution in [0, 0.1) is 5.92 Å². The lowest BCUT2D eigenvalue weighted by atomic mass is 9.97. The number of hydrogen-bond donors (Lipinski definition) is 1. The van der Waals surface area contributed by atoms with Gasteiger partial charge in [-0.25, -0.2) is 0 Å². The number of β-lactam (4-membered cyclic amide) rings is 1. The Hall–Kier alpha value is -0.353. The molecule has 4 heteroatoms. The second-order valence-electron chi connectivity index (χ2n) is 5.93. The molecule has 1 amide bonds. The average molecular weight is 229 g/mol. The molecule has 2 atom stereocenters. The molecule has 0 saturated carbocycles. The maximum Gasteiger partial charge on any atom is 0.227 e. The summed E-state index contributed by atoms with van der Waals surface area (Å²) in [5.41, 5.74) is 0. The van der Waals surface area contributed by atoms with E-state index in [9.17, 15) is 4.79 Å². The van der Waals surface area contributed by atoms with Crippen LogP contribution in [0.3, 0.4) is 0 Å². The van der Waals surface area contributed by atoms with Crippen molar-refractivity contribution in [1.82, 2.24) is 5.32 Å². The van der Waals surface area contributed by atoms with Gasteiger partial charge >= 0.3 is 0 Å². The molecule has 1 fully saturated rings. The average Bonchev–Trinajstić information content (AvgIpc) is 1.98. The molecule has 3 nitrogen and oxygen atoms in total. The van der Waals surface area contributed by atoms with Gasteiger partial charge in [0.2, 0.25) is 5.91 Å². The predicted molar refractivity (Wildman–Crippen MR) is 64.2 cm³/mol. The molecule has 88 valence electrons. The van der Waals surface area contributed by atoms with Crippen LogP contribution in [0.1, 0.15) is 27.7 Å². The highest BCUT2D eigenvalue weighted by molar-refractivity contribution is 6.74. The van der Waals surface area contributed by atoms with Crippen LogP contribution in [0.2, 0.25) is 18.1 Å². The highest BCUT2D eigenvalue weighted by atomic mass is 28.4. The minimum Gasteiger partial charge on any atom is -0.413 e. The van der Waals surface area contributed by atoms with E-state index < -0.39 is 8.32 Å². The zero-order chi connectivity index (χ0) is 11.9. The number of rotatable bonds is 3. The van der Waals surface area contributed by atoms with Crippen LogP contribution >= 0.6 is 0 Å².